The molecule has 0 atom stereocenters. The van der Waals surface area contributed by atoms with Crippen molar-refractivity contribution in [2.24, 2.45) is 0 Å². The number of carbonyl (C=O) groups is 2. The molecular weight excluding hydrogens is 308 g/mol. The zero-order valence-corrected chi connectivity index (χ0v) is 13.9. The first kappa shape index (κ1) is 17.3. The standard InChI is InChI=1S/C17H20N4O3/c1-21(2)17(23)20-15-10-12(8-9-18-15)11-19-14-7-5-4-6-13(14)16(22)24-3/h4-10,19H,11H2,1-3H3,(H,18,20,23). The molecule has 7 heteroatoms. The summed E-state index contributed by atoms with van der Waals surface area (Å²) < 4.78 is 4.77. The van der Waals surface area contributed by atoms with Crippen molar-refractivity contribution in [3.05, 3.63) is 53.7 Å². The maximum Gasteiger partial charge on any atom is 0.339 e. The van der Waals surface area contributed by atoms with Gasteiger partial charge in [0.25, 0.3) is 0 Å². The second-order valence-corrected chi connectivity index (χ2v) is 5.26. The highest BCUT2D eigenvalue weighted by molar-refractivity contribution is 5.95. The molecule has 0 fully saturated rings. The van der Waals surface area contributed by atoms with E-state index >= 15 is 0 Å². The summed E-state index contributed by atoms with van der Waals surface area (Å²) in [5.74, 6) is 0.0704. The van der Waals surface area contributed by atoms with Gasteiger partial charge in [-0.05, 0) is 29.8 Å². The molecule has 0 aliphatic carbocycles. The number of nitrogens with zero attached hydrogens (tertiary/aromatic N) is 2. The number of anilines is 2. The van der Waals surface area contributed by atoms with Crippen LogP contribution in [-0.2, 0) is 11.3 Å². The Labute approximate surface area is 140 Å². The van der Waals surface area contributed by atoms with Gasteiger partial charge in [0.1, 0.15) is 5.82 Å². The third kappa shape index (κ3) is 4.45. The van der Waals surface area contributed by atoms with E-state index in [1.165, 1.54) is 12.0 Å². The Morgan fingerprint density at radius 3 is 2.67 bits per heavy atom. The van der Waals surface area contributed by atoms with Gasteiger partial charge in [0.15, 0.2) is 0 Å². The molecule has 0 aliphatic heterocycles. The molecule has 126 valence electrons. The third-order valence-corrected chi connectivity index (χ3v) is 3.28. The van der Waals surface area contributed by atoms with Crippen molar-refractivity contribution in [1.29, 1.82) is 0 Å². The normalized spacial score (nSPS) is 9.96. The van der Waals surface area contributed by atoms with Gasteiger partial charge in [-0.15, -0.1) is 0 Å². The zero-order valence-electron chi connectivity index (χ0n) is 13.9. The molecule has 0 aliphatic rings. The average molecular weight is 328 g/mol. The number of nitrogens with one attached hydrogen (secondary N) is 2. The van der Waals surface area contributed by atoms with E-state index < -0.39 is 5.97 Å². The molecule has 24 heavy (non-hydrogen) atoms. The fourth-order valence-electron chi connectivity index (χ4n) is 2.00. The van der Waals surface area contributed by atoms with Crippen molar-refractivity contribution < 1.29 is 14.3 Å². The molecule has 1 heterocycles. The second-order valence-electron chi connectivity index (χ2n) is 5.26. The smallest absolute Gasteiger partial charge is 0.339 e. The molecular formula is C17H20N4O3. The van der Waals surface area contributed by atoms with E-state index in [-0.39, 0.29) is 6.03 Å². The number of esters is 1. The molecule has 2 rings (SSSR count). The molecule has 0 spiro atoms. The van der Waals surface area contributed by atoms with Gasteiger partial charge in [-0.2, -0.15) is 0 Å². The van der Waals surface area contributed by atoms with Crippen LogP contribution in [0.3, 0.4) is 0 Å². The number of para-hydroxylation sites is 1. The summed E-state index contributed by atoms with van der Waals surface area (Å²) in [5.41, 5.74) is 2.06. The van der Waals surface area contributed by atoms with Gasteiger partial charge in [0, 0.05) is 32.5 Å². The minimum Gasteiger partial charge on any atom is -0.465 e. The van der Waals surface area contributed by atoms with E-state index in [0.29, 0.717) is 23.6 Å². The Hall–Kier alpha value is -3.09. The summed E-state index contributed by atoms with van der Waals surface area (Å²) in [4.78, 5) is 29.0. The Bertz CT molecular complexity index is 731. The molecule has 1 aromatic heterocycles. The van der Waals surface area contributed by atoms with Crippen LogP contribution in [-0.4, -0.2) is 43.1 Å². The first-order valence-corrected chi connectivity index (χ1v) is 7.35. The highest BCUT2D eigenvalue weighted by atomic mass is 16.5. The number of carbonyl (C=O) groups excluding carboxylic acids is 2. The Balaban J connectivity index is 2.08. The van der Waals surface area contributed by atoms with Crippen LogP contribution in [0.5, 0.6) is 0 Å². The van der Waals surface area contributed by atoms with Crippen LogP contribution in [0, 0.1) is 0 Å². The molecule has 0 saturated carbocycles. The average Bonchev–Trinajstić information content (AvgIpc) is 2.59. The van der Waals surface area contributed by atoms with Crippen molar-refractivity contribution in [3.63, 3.8) is 0 Å². The minimum atomic E-state index is -0.397. The van der Waals surface area contributed by atoms with E-state index in [1.807, 2.05) is 18.2 Å². The van der Waals surface area contributed by atoms with Crippen LogP contribution in [0.25, 0.3) is 0 Å². The number of ether oxygens (including phenoxy) is 1. The minimum absolute atomic E-state index is 0.247. The summed E-state index contributed by atoms with van der Waals surface area (Å²) in [7, 11) is 4.66. The number of pyridine rings is 1. The van der Waals surface area contributed by atoms with Crippen molar-refractivity contribution in [3.8, 4) is 0 Å². The summed E-state index contributed by atoms with van der Waals surface area (Å²) in [6, 6.07) is 10.5. The van der Waals surface area contributed by atoms with Gasteiger partial charge in [-0.3, -0.25) is 5.32 Å². The zero-order chi connectivity index (χ0) is 17.5. The molecule has 2 aromatic rings. The molecule has 7 nitrogen and oxygen atoms in total. The molecule has 0 saturated heterocycles. The number of urea groups is 1. The van der Waals surface area contributed by atoms with E-state index in [4.69, 9.17) is 4.74 Å². The van der Waals surface area contributed by atoms with Crippen LogP contribution < -0.4 is 10.6 Å². The molecule has 2 N–H and O–H groups in total. The lowest BCUT2D eigenvalue weighted by Gasteiger charge is -2.13. The maximum atomic E-state index is 11.8. The van der Waals surface area contributed by atoms with Crippen LogP contribution in [0.4, 0.5) is 16.3 Å². The van der Waals surface area contributed by atoms with Crippen LogP contribution in [0.15, 0.2) is 42.6 Å². The van der Waals surface area contributed by atoms with Gasteiger partial charge in [-0.1, -0.05) is 12.1 Å². The predicted octanol–water partition coefficient (Wildman–Crippen LogP) is 2.57. The number of amides is 2. The van der Waals surface area contributed by atoms with Gasteiger partial charge in [0.05, 0.1) is 12.7 Å². The highest BCUT2D eigenvalue weighted by Crippen LogP contribution is 2.17. The SMILES string of the molecule is COC(=O)c1ccccc1NCc1ccnc(NC(=O)N(C)C)c1. The fraction of sp³-hybridized carbons (Fsp3) is 0.235. The summed E-state index contributed by atoms with van der Waals surface area (Å²) >= 11 is 0. The lowest BCUT2D eigenvalue weighted by molar-refractivity contribution is 0.0602. The van der Waals surface area contributed by atoms with Crippen LogP contribution in [0.2, 0.25) is 0 Å². The first-order valence-electron chi connectivity index (χ1n) is 7.35. The lowest BCUT2D eigenvalue weighted by atomic mass is 10.1. The van der Waals surface area contributed by atoms with Crippen molar-refractivity contribution in [2.45, 2.75) is 6.54 Å². The molecule has 0 bridgehead atoms. The van der Waals surface area contributed by atoms with Gasteiger partial charge in [0.2, 0.25) is 0 Å². The van der Waals surface area contributed by atoms with Gasteiger partial charge < -0.3 is 15.0 Å². The van der Waals surface area contributed by atoms with Crippen molar-refractivity contribution in [2.75, 3.05) is 31.8 Å². The second kappa shape index (κ2) is 7.96. The van der Waals surface area contributed by atoms with Crippen LogP contribution in [0.1, 0.15) is 15.9 Å². The monoisotopic (exact) mass is 328 g/mol. The van der Waals surface area contributed by atoms with E-state index in [1.54, 1.807) is 38.5 Å². The van der Waals surface area contributed by atoms with Crippen molar-refractivity contribution in [1.82, 2.24) is 9.88 Å². The molecule has 1 aromatic carbocycles. The quantitative estimate of drug-likeness (QED) is 0.824. The third-order valence-electron chi connectivity index (χ3n) is 3.28. The first-order chi connectivity index (χ1) is 11.5. The molecule has 0 unspecified atom stereocenters. The Morgan fingerprint density at radius 2 is 1.96 bits per heavy atom. The maximum absolute atomic E-state index is 11.8. The number of rotatable bonds is 5. The number of hydrogen-bond acceptors (Lipinski definition) is 5. The number of benzene rings is 1. The van der Waals surface area contributed by atoms with Crippen LogP contribution >= 0.6 is 0 Å². The molecule has 2 amide bonds. The molecule has 0 radical (unpaired) electrons. The Kier molecular flexibility index (Phi) is 5.73. The summed E-state index contributed by atoms with van der Waals surface area (Å²) in [6.45, 7) is 0.474. The van der Waals surface area contributed by atoms with E-state index in [2.05, 4.69) is 15.6 Å². The number of methoxy groups -OCH3 is 1. The Morgan fingerprint density at radius 1 is 1.21 bits per heavy atom. The number of hydrogen-bond donors (Lipinski definition) is 2. The highest BCUT2D eigenvalue weighted by Gasteiger charge is 2.11. The summed E-state index contributed by atoms with van der Waals surface area (Å²) in [5, 5.41) is 5.89. The number of aromatic nitrogens is 1. The summed E-state index contributed by atoms with van der Waals surface area (Å²) in [6.07, 6.45) is 1.62. The van der Waals surface area contributed by atoms with E-state index in [9.17, 15) is 9.59 Å². The van der Waals surface area contributed by atoms with Gasteiger partial charge >= 0.3 is 12.0 Å². The van der Waals surface area contributed by atoms with Crippen molar-refractivity contribution >= 4 is 23.5 Å². The van der Waals surface area contributed by atoms with Gasteiger partial charge in [-0.25, -0.2) is 14.6 Å². The largest absolute Gasteiger partial charge is 0.465 e. The lowest BCUT2D eigenvalue weighted by Crippen LogP contribution is -2.27. The predicted molar refractivity (Wildman–Crippen MR) is 92.1 cm³/mol. The topological polar surface area (TPSA) is 83.6 Å². The fourth-order valence-corrected chi connectivity index (χ4v) is 2.00. The van der Waals surface area contributed by atoms with E-state index in [0.717, 1.165) is 5.56 Å².